The van der Waals surface area contributed by atoms with Crippen molar-refractivity contribution in [1.29, 1.82) is 0 Å². The largest absolute Gasteiger partial charge is 0.434 e. The Hall–Kier alpha value is -3.42. The zero-order chi connectivity index (χ0) is 18.1. The van der Waals surface area contributed by atoms with Crippen LogP contribution in [0.3, 0.4) is 0 Å². The third-order valence-electron chi connectivity index (χ3n) is 3.67. The van der Waals surface area contributed by atoms with Crippen LogP contribution in [-0.4, -0.2) is 19.9 Å². The molecule has 2 heterocycles. The van der Waals surface area contributed by atoms with Crippen molar-refractivity contribution in [3.63, 3.8) is 0 Å². The topological polar surface area (TPSA) is 56.7 Å². The second-order valence-corrected chi connectivity index (χ2v) is 5.36. The van der Waals surface area contributed by atoms with Gasteiger partial charge in [-0.25, -0.2) is 4.68 Å². The molecule has 0 N–H and O–H groups in total. The number of alkyl halides is 3. The highest BCUT2D eigenvalue weighted by Crippen LogP contribution is 2.38. The lowest BCUT2D eigenvalue weighted by Gasteiger charge is -2.11. The Kier molecular flexibility index (Phi) is 3.80. The number of nitrogens with zero attached hydrogens (tertiary/aromatic N) is 4. The molecule has 0 aliphatic heterocycles. The molecule has 2 aromatic heterocycles. The Morgan fingerprint density at radius 1 is 1.00 bits per heavy atom. The first-order chi connectivity index (χ1) is 12.5. The Balaban J connectivity index is 1.83. The number of aromatic nitrogens is 4. The summed E-state index contributed by atoms with van der Waals surface area (Å²) in [5.74, 6) is -0.0584. The molecule has 0 saturated heterocycles. The number of benzene rings is 2. The molecule has 0 bridgehead atoms. The van der Waals surface area contributed by atoms with Crippen molar-refractivity contribution in [3.8, 4) is 28.5 Å². The van der Waals surface area contributed by atoms with Crippen molar-refractivity contribution in [2.45, 2.75) is 6.18 Å². The summed E-state index contributed by atoms with van der Waals surface area (Å²) in [5, 5.41) is 7.64. The Labute approximate surface area is 145 Å². The van der Waals surface area contributed by atoms with Crippen LogP contribution < -0.4 is 0 Å². The second kappa shape index (κ2) is 6.14. The summed E-state index contributed by atoms with van der Waals surface area (Å²) in [5.41, 5.74) is -0.352. The molecule has 0 fully saturated rings. The Bertz CT molecular complexity index is 1020. The standard InChI is InChI=1S/C18H10F3N4O/c19-18(20,21)15-14(11-22-25(15)13-9-5-2-6-10-13)17-23-16(24-26-17)12-7-3-1-4-8-12/h2-11H. The highest BCUT2D eigenvalue weighted by molar-refractivity contribution is 5.62. The molecule has 0 spiro atoms. The normalized spacial score (nSPS) is 11.7. The lowest BCUT2D eigenvalue weighted by atomic mass is 10.2. The van der Waals surface area contributed by atoms with E-state index in [0.29, 0.717) is 5.56 Å². The maximum atomic E-state index is 13.7. The van der Waals surface area contributed by atoms with Crippen molar-refractivity contribution >= 4 is 0 Å². The van der Waals surface area contributed by atoms with Gasteiger partial charge in [-0.3, -0.25) is 0 Å². The summed E-state index contributed by atoms with van der Waals surface area (Å²) in [7, 11) is 0. The van der Waals surface area contributed by atoms with E-state index in [-0.39, 0.29) is 23.0 Å². The summed E-state index contributed by atoms with van der Waals surface area (Å²) < 4.78 is 46.9. The molecule has 8 heteroatoms. The number of hydrogen-bond donors (Lipinski definition) is 0. The highest BCUT2D eigenvalue weighted by atomic mass is 19.4. The first-order valence-corrected chi connectivity index (χ1v) is 7.55. The van der Waals surface area contributed by atoms with E-state index in [1.165, 1.54) is 12.1 Å². The van der Waals surface area contributed by atoms with Gasteiger partial charge in [0.25, 0.3) is 5.89 Å². The van der Waals surface area contributed by atoms with Crippen molar-refractivity contribution in [2.75, 3.05) is 0 Å². The monoisotopic (exact) mass is 355 g/mol. The van der Waals surface area contributed by atoms with E-state index >= 15 is 0 Å². The van der Waals surface area contributed by atoms with Gasteiger partial charge in [-0.1, -0.05) is 47.6 Å². The van der Waals surface area contributed by atoms with E-state index < -0.39 is 11.9 Å². The van der Waals surface area contributed by atoms with Gasteiger partial charge in [0, 0.05) is 5.56 Å². The van der Waals surface area contributed by atoms with Crippen molar-refractivity contribution in [2.24, 2.45) is 0 Å². The van der Waals surface area contributed by atoms with Crippen molar-refractivity contribution in [1.82, 2.24) is 19.9 Å². The van der Waals surface area contributed by atoms with Gasteiger partial charge in [-0.15, -0.1) is 0 Å². The van der Waals surface area contributed by atoms with Crippen LogP contribution in [0.5, 0.6) is 0 Å². The van der Waals surface area contributed by atoms with Gasteiger partial charge >= 0.3 is 6.18 Å². The SMILES string of the molecule is FC(F)(F)c1c(-c2nc(-c3cc[c]cc3)no2)cnn1-c1ccccc1. The molecule has 0 atom stereocenters. The van der Waals surface area contributed by atoms with Gasteiger partial charge in [0.15, 0.2) is 5.69 Å². The minimum absolute atomic E-state index is 0.189. The molecular weight excluding hydrogens is 345 g/mol. The summed E-state index contributed by atoms with van der Waals surface area (Å²) in [6.45, 7) is 0. The number of hydrogen-bond acceptors (Lipinski definition) is 4. The van der Waals surface area contributed by atoms with Crippen LogP contribution in [-0.2, 0) is 6.18 Å². The van der Waals surface area contributed by atoms with E-state index in [1.54, 1.807) is 42.5 Å². The Morgan fingerprint density at radius 2 is 1.73 bits per heavy atom. The fourth-order valence-electron chi connectivity index (χ4n) is 2.53. The molecule has 129 valence electrons. The first-order valence-electron chi connectivity index (χ1n) is 7.55. The fraction of sp³-hybridized carbons (Fsp3) is 0.0556. The minimum atomic E-state index is -4.65. The molecule has 4 aromatic rings. The molecule has 4 rings (SSSR count). The van der Waals surface area contributed by atoms with Gasteiger partial charge in [-0.05, 0) is 18.2 Å². The van der Waals surface area contributed by atoms with Gasteiger partial charge in [-0.2, -0.15) is 23.3 Å². The van der Waals surface area contributed by atoms with Gasteiger partial charge < -0.3 is 4.52 Å². The first kappa shape index (κ1) is 16.1. The van der Waals surface area contributed by atoms with E-state index in [1.807, 2.05) is 0 Å². The zero-order valence-electron chi connectivity index (χ0n) is 13.1. The zero-order valence-corrected chi connectivity index (χ0v) is 13.1. The average molecular weight is 355 g/mol. The van der Waals surface area contributed by atoms with Gasteiger partial charge in [0.05, 0.1) is 17.4 Å². The van der Waals surface area contributed by atoms with E-state index in [2.05, 4.69) is 21.3 Å². The van der Waals surface area contributed by atoms with Crippen molar-refractivity contribution < 1.29 is 17.7 Å². The fourth-order valence-corrected chi connectivity index (χ4v) is 2.53. The van der Waals surface area contributed by atoms with Crippen LogP contribution in [0.2, 0.25) is 0 Å². The predicted molar refractivity (Wildman–Crippen MR) is 86.1 cm³/mol. The van der Waals surface area contributed by atoms with Gasteiger partial charge in [0.1, 0.15) is 0 Å². The molecule has 0 unspecified atom stereocenters. The Morgan fingerprint density at radius 3 is 2.42 bits per heavy atom. The van der Waals surface area contributed by atoms with Gasteiger partial charge in [0.2, 0.25) is 5.82 Å². The maximum absolute atomic E-state index is 13.7. The molecule has 2 aromatic carbocycles. The van der Waals surface area contributed by atoms with Crippen LogP contribution in [0, 0.1) is 6.07 Å². The summed E-state index contributed by atoms with van der Waals surface area (Å²) in [6.07, 6.45) is -3.58. The summed E-state index contributed by atoms with van der Waals surface area (Å²) >= 11 is 0. The molecule has 0 saturated carbocycles. The predicted octanol–water partition coefficient (Wildman–Crippen LogP) is 4.41. The lowest BCUT2D eigenvalue weighted by Crippen LogP contribution is -2.14. The van der Waals surface area contributed by atoms with Crippen LogP contribution >= 0.6 is 0 Å². The van der Waals surface area contributed by atoms with E-state index in [4.69, 9.17) is 4.52 Å². The molecule has 1 radical (unpaired) electrons. The number of halogens is 3. The number of rotatable bonds is 3. The molecule has 5 nitrogen and oxygen atoms in total. The molecule has 26 heavy (non-hydrogen) atoms. The van der Waals surface area contributed by atoms with Crippen LogP contribution in [0.4, 0.5) is 13.2 Å². The third kappa shape index (κ3) is 2.85. The second-order valence-electron chi connectivity index (χ2n) is 5.36. The van der Waals surface area contributed by atoms with Crippen LogP contribution in [0.25, 0.3) is 28.5 Å². The smallest absolute Gasteiger partial charge is 0.333 e. The third-order valence-corrected chi connectivity index (χ3v) is 3.67. The maximum Gasteiger partial charge on any atom is 0.434 e. The van der Waals surface area contributed by atoms with Crippen molar-refractivity contribution in [3.05, 3.63) is 72.6 Å². The summed E-state index contributed by atoms with van der Waals surface area (Å²) in [6, 6.07) is 17.6. The lowest BCUT2D eigenvalue weighted by molar-refractivity contribution is -0.142. The molecule has 0 amide bonds. The average Bonchev–Trinajstić information content (AvgIpc) is 3.30. The molecule has 0 aliphatic carbocycles. The summed E-state index contributed by atoms with van der Waals surface area (Å²) in [4.78, 5) is 4.09. The van der Waals surface area contributed by atoms with Crippen LogP contribution in [0.1, 0.15) is 5.69 Å². The van der Waals surface area contributed by atoms with E-state index in [9.17, 15) is 13.2 Å². The van der Waals surface area contributed by atoms with E-state index in [0.717, 1.165) is 10.9 Å². The highest BCUT2D eigenvalue weighted by Gasteiger charge is 2.40. The number of para-hydroxylation sites is 1. The quantitative estimate of drug-likeness (QED) is 0.546. The minimum Gasteiger partial charge on any atom is -0.333 e. The molecular formula is C18H10F3N4O. The van der Waals surface area contributed by atoms with Crippen LogP contribution in [0.15, 0.2) is 65.3 Å². The molecule has 0 aliphatic rings.